The molecule has 0 spiro atoms. The molecule has 0 saturated heterocycles. The van der Waals surface area contributed by atoms with Crippen LogP contribution < -0.4 is 10.3 Å². The lowest BCUT2D eigenvalue weighted by Crippen LogP contribution is -2.51. The third-order valence-electron chi connectivity index (χ3n) is 5.09. The zero-order valence-electron chi connectivity index (χ0n) is 16.7. The summed E-state index contributed by atoms with van der Waals surface area (Å²) in [6, 6.07) is 12.1. The summed E-state index contributed by atoms with van der Waals surface area (Å²) in [6.07, 6.45) is 4.38. The van der Waals surface area contributed by atoms with Gasteiger partial charge in [0.1, 0.15) is 5.69 Å². The molecule has 1 aromatic heterocycles. The van der Waals surface area contributed by atoms with Crippen molar-refractivity contribution in [2.24, 2.45) is 5.10 Å². The summed E-state index contributed by atoms with van der Waals surface area (Å²) in [4.78, 5) is 18.5. The van der Waals surface area contributed by atoms with Gasteiger partial charge in [-0.1, -0.05) is 19.1 Å². The Bertz CT molecular complexity index is 843. The van der Waals surface area contributed by atoms with E-state index >= 15 is 0 Å². The number of hydrogen-bond acceptors (Lipinski definition) is 4. The van der Waals surface area contributed by atoms with E-state index < -0.39 is 0 Å². The molecule has 5 nitrogen and oxygen atoms in total. The van der Waals surface area contributed by atoms with E-state index in [1.807, 2.05) is 0 Å². The molecule has 3 rings (SSSR count). The van der Waals surface area contributed by atoms with E-state index in [1.165, 1.54) is 11.3 Å². The Balaban J connectivity index is 1.80. The van der Waals surface area contributed by atoms with Gasteiger partial charge in [0.25, 0.3) is 5.91 Å². The minimum absolute atomic E-state index is 0.132. The van der Waals surface area contributed by atoms with Crippen molar-refractivity contribution in [2.75, 3.05) is 4.90 Å². The zero-order chi connectivity index (χ0) is 19.6. The predicted molar refractivity (Wildman–Crippen MR) is 110 cm³/mol. The molecule has 1 aromatic carbocycles. The molecule has 0 saturated carbocycles. The molecular formula is C22H28N4O. The molecular weight excluding hydrogens is 336 g/mol. The molecule has 0 unspecified atom stereocenters. The molecule has 0 aliphatic carbocycles. The average Bonchev–Trinajstić information content (AvgIpc) is 2.61. The smallest absolute Gasteiger partial charge is 0.289 e. The fourth-order valence-corrected chi connectivity index (χ4v) is 4.25. The zero-order valence-corrected chi connectivity index (χ0v) is 16.7. The van der Waals surface area contributed by atoms with Crippen molar-refractivity contribution in [2.45, 2.75) is 58.5 Å². The first-order valence-corrected chi connectivity index (χ1v) is 9.47. The molecule has 1 amide bonds. The summed E-state index contributed by atoms with van der Waals surface area (Å²) in [6.45, 7) is 11.4. The van der Waals surface area contributed by atoms with Gasteiger partial charge in [0.2, 0.25) is 0 Å². The van der Waals surface area contributed by atoms with Crippen molar-refractivity contribution < 1.29 is 4.79 Å². The molecule has 0 bridgehead atoms. The van der Waals surface area contributed by atoms with E-state index in [0.717, 1.165) is 12.0 Å². The summed E-state index contributed by atoms with van der Waals surface area (Å²) in [5.41, 5.74) is 6.63. The molecule has 0 radical (unpaired) electrons. The monoisotopic (exact) mass is 364 g/mol. The van der Waals surface area contributed by atoms with Crippen LogP contribution in [0.2, 0.25) is 0 Å². The van der Waals surface area contributed by atoms with E-state index in [9.17, 15) is 4.79 Å². The second kappa shape index (κ2) is 7.51. The van der Waals surface area contributed by atoms with Crippen molar-refractivity contribution in [3.63, 3.8) is 0 Å². The highest BCUT2D eigenvalue weighted by atomic mass is 16.2. The van der Waals surface area contributed by atoms with E-state index in [1.54, 1.807) is 30.6 Å². The Morgan fingerprint density at radius 1 is 1.33 bits per heavy atom. The third-order valence-corrected chi connectivity index (χ3v) is 5.09. The second-order valence-corrected chi connectivity index (χ2v) is 8.11. The van der Waals surface area contributed by atoms with E-state index in [2.05, 4.69) is 73.2 Å². The van der Waals surface area contributed by atoms with Gasteiger partial charge in [-0.2, -0.15) is 5.10 Å². The summed E-state index contributed by atoms with van der Waals surface area (Å²) in [7, 11) is 0. The first kappa shape index (κ1) is 19.1. The van der Waals surface area contributed by atoms with Crippen LogP contribution in [0.3, 0.4) is 0 Å². The van der Waals surface area contributed by atoms with Crippen molar-refractivity contribution in [3.8, 4) is 0 Å². The van der Waals surface area contributed by atoms with Crippen LogP contribution in [0.15, 0.2) is 47.7 Å². The number of pyridine rings is 1. The van der Waals surface area contributed by atoms with Crippen molar-refractivity contribution >= 4 is 17.8 Å². The topological polar surface area (TPSA) is 57.6 Å². The number of aromatic nitrogens is 1. The fraction of sp³-hybridized carbons (Fsp3) is 0.409. The largest absolute Gasteiger partial charge is 0.364 e. The van der Waals surface area contributed by atoms with Gasteiger partial charge < -0.3 is 4.90 Å². The number of anilines is 1. The maximum atomic E-state index is 12.0. The van der Waals surface area contributed by atoms with Gasteiger partial charge in [-0.05, 0) is 75.4 Å². The van der Waals surface area contributed by atoms with Gasteiger partial charge in [-0.15, -0.1) is 0 Å². The molecule has 1 atom stereocenters. The van der Waals surface area contributed by atoms with Gasteiger partial charge in [0, 0.05) is 23.5 Å². The summed E-state index contributed by atoms with van der Waals surface area (Å²) in [5, 5.41) is 4.10. The van der Waals surface area contributed by atoms with Crippen molar-refractivity contribution in [1.29, 1.82) is 0 Å². The van der Waals surface area contributed by atoms with Crippen LogP contribution in [0.25, 0.3) is 0 Å². The SMILES string of the molecule is CC(C)N1c2ccc(/C=N\NC(=O)c3ccccn3)cc2[C@H](C)CC1(C)C. The first-order chi connectivity index (χ1) is 12.8. The van der Waals surface area contributed by atoms with Gasteiger partial charge in [-0.25, -0.2) is 5.43 Å². The second-order valence-electron chi connectivity index (χ2n) is 8.11. The van der Waals surface area contributed by atoms with E-state index in [0.29, 0.717) is 17.7 Å². The average molecular weight is 364 g/mol. The molecule has 0 fully saturated rings. The molecule has 1 N–H and O–H groups in total. The van der Waals surface area contributed by atoms with Crippen molar-refractivity contribution in [3.05, 3.63) is 59.4 Å². The first-order valence-electron chi connectivity index (χ1n) is 9.47. The highest BCUT2D eigenvalue weighted by molar-refractivity contribution is 5.93. The Labute approximate surface area is 161 Å². The Morgan fingerprint density at radius 2 is 2.11 bits per heavy atom. The number of fused-ring (bicyclic) bond motifs is 1. The standard InChI is InChI=1S/C22H28N4O/c1-15(2)26-20-10-9-17(12-18(20)16(3)13-22(26,4)5)14-24-25-21(27)19-8-6-7-11-23-19/h6-12,14-16H,13H2,1-5H3,(H,25,27)/b24-14-/t16-/m1/s1. The minimum atomic E-state index is -0.314. The van der Waals surface area contributed by atoms with Crippen molar-refractivity contribution in [1.82, 2.24) is 10.4 Å². The number of hydrazone groups is 1. The molecule has 1 aliphatic rings. The Kier molecular flexibility index (Phi) is 5.31. The van der Waals surface area contributed by atoms with Crippen LogP contribution in [0.1, 0.15) is 68.6 Å². The van der Waals surface area contributed by atoms with Crippen LogP contribution in [-0.4, -0.2) is 28.7 Å². The maximum absolute atomic E-state index is 12.0. The number of carbonyl (C=O) groups is 1. The lowest BCUT2D eigenvalue weighted by atomic mass is 9.79. The lowest BCUT2D eigenvalue weighted by molar-refractivity contribution is 0.0950. The number of nitrogens with one attached hydrogen (secondary N) is 1. The summed E-state index contributed by atoms with van der Waals surface area (Å²) < 4.78 is 0. The number of amides is 1. The highest BCUT2D eigenvalue weighted by Gasteiger charge is 2.37. The van der Waals surface area contributed by atoms with Gasteiger partial charge in [0.05, 0.1) is 6.21 Å². The van der Waals surface area contributed by atoms with Crippen LogP contribution >= 0.6 is 0 Å². The fourth-order valence-electron chi connectivity index (χ4n) is 4.25. The van der Waals surface area contributed by atoms with Gasteiger partial charge >= 0.3 is 0 Å². The van der Waals surface area contributed by atoms with Crippen LogP contribution in [0.5, 0.6) is 0 Å². The van der Waals surface area contributed by atoms with Gasteiger partial charge in [-0.3, -0.25) is 9.78 Å². The molecule has 5 heteroatoms. The number of carbonyl (C=O) groups excluding carboxylic acids is 1. The Hall–Kier alpha value is -2.69. The number of rotatable bonds is 4. The lowest BCUT2D eigenvalue weighted by Gasteiger charge is -2.50. The summed E-state index contributed by atoms with van der Waals surface area (Å²) in [5.74, 6) is 0.160. The molecule has 1 aliphatic heterocycles. The number of nitrogens with zero attached hydrogens (tertiary/aromatic N) is 3. The molecule has 2 aromatic rings. The van der Waals surface area contributed by atoms with Crippen LogP contribution in [0.4, 0.5) is 5.69 Å². The number of hydrogen-bond donors (Lipinski definition) is 1. The Morgan fingerprint density at radius 3 is 2.78 bits per heavy atom. The van der Waals surface area contributed by atoms with Crippen LogP contribution in [0, 0.1) is 0 Å². The van der Waals surface area contributed by atoms with E-state index in [4.69, 9.17) is 0 Å². The van der Waals surface area contributed by atoms with Crippen LogP contribution in [-0.2, 0) is 0 Å². The highest BCUT2D eigenvalue weighted by Crippen LogP contribution is 2.44. The number of benzene rings is 1. The minimum Gasteiger partial charge on any atom is -0.364 e. The third kappa shape index (κ3) is 4.02. The molecule has 142 valence electrons. The normalized spacial score (nSPS) is 18.6. The summed E-state index contributed by atoms with van der Waals surface area (Å²) >= 11 is 0. The van der Waals surface area contributed by atoms with Gasteiger partial charge in [0.15, 0.2) is 0 Å². The molecule has 2 heterocycles. The maximum Gasteiger partial charge on any atom is 0.289 e. The predicted octanol–water partition coefficient (Wildman–Crippen LogP) is 4.35. The molecule has 27 heavy (non-hydrogen) atoms. The van der Waals surface area contributed by atoms with E-state index in [-0.39, 0.29) is 11.4 Å². The quantitative estimate of drug-likeness (QED) is 0.648.